The summed E-state index contributed by atoms with van der Waals surface area (Å²) in [6.45, 7) is 4.71. The summed E-state index contributed by atoms with van der Waals surface area (Å²) in [5.74, 6) is 2.54. The monoisotopic (exact) mass is 522 g/mol. The largest absolute Gasteiger partial charge is 0.493 e. The molecule has 1 saturated heterocycles. The minimum atomic E-state index is 0. The Bertz CT molecular complexity index is 1240. The lowest BCUT2D eigenvalue weighted by Crippen LogP contribution is -2.44. The van der Waals surface area contributed by atoms with Crippen LogP contribution in [-0.2, 0) is 6.42 Å². The SMILES string of the molecule is Cl.O=C1c2cc3c(cc2CCN1CCC1CCCCN1CCCOc1cccc2ccccc12)OCO3. The summed E-state index contributed by atoms with van der Waals surface area (Å²) in [4.78, 5) is 17.9. The molecule has 3 aliphatic heterocycles. The summed E-state index contributed by atoms with van der Waals surface area (Å²) < 4.78 is 17.2. The van der Waals surface area contributed by atoms with E-state index in [4.69, 9.17) is 14.2 Å². The second kappa shape index (κ2) is 11.6. The molecule has 3 heterocycles. The van der Waals surface area contributed by atoms with Crippen LogP contribution in [0.5, 0.6) is 17.2 Å². The van der Waals surface area contributed by atoms with E-state index < -0.39 is 0 Å². The zero-order chi connectivity index (χ0) is 24.3. The number of ether oxygens (including phenoxy) is 3. The Morgan fingerprint density at radius 1 is 0.946 bits per heavy atom. The van der Waals surface area contributed by atoms with Gasteiger partial charge in [-0.1, -0.05) is 42.8 Å². The summed E-state index contributed by atoms with van der Waals surface area (Å²) in [7, 11) is 0. The van der Waals surface area contributed by atoms with E-state index in [1.165, 1.54) is 30.0 Å². The number of hydrogen-bond donors (Lipinski definition) is 0. The highest BCUT2D eigenvalue weighted by Crippen LogP contribution is 2.37. The van der Waals surface area contributed by atoms with Gasteiger partial charge in [-0.15, -0.1) is 12.4 Å². The van der Waals surface area contributed by atoms with Gasteiger partial charge in [-0.2, -0.15) is 0 Å². The number of fused-ring (bicyclic) bond motifs is 3. The molecule has 1 amide bonds. The molecular formula is C30H35ClN2O4. The average molecular weight is 523 g/mol. The zero-order valence-corrected chi connectivity index (χ0v) is 22.0. The van der Waals surface area contributed by atoms with Gasteiger partial charge < -0.3 is 24.0 Å². The molecule has 196 valence electrons. The summed E-state index contributed by atoms with van der Waals surface area (Å²) in [6, 6.07) is 19.0. The molecule has 3 aromatic carbocycles. The van der Waals surface area contributed by atoms with Crippen molar-refractivity contribution >= 4 is 29.1 Å². The van der Waals surface area contributed by atoms with E-state index in [0.29, 0.717) is 18.4 Å². The summed E-state index contributed by atoms with van der Waals surface area (Å²) in [5.41, 5.74) is 1.85. The van der Waals surface area contributed by atoms with Gasteiger partial charge in [-0.25, -0.2) is 0 Å². The average Bonchev–Trinajstić information content (AvgIpc) is 3.38. The first kappa shape index (κ1) is 25.7. The number of carbonyl (C=O) groups is 1. The van der Waals surface area contributed by atoms with Crippen molar-refractivity contribution in [1.29, 1.82) is 0 Å². The smallest absolute Gasteiger partial charge is 0.254 e. The lowest BCUT2D eigenvalue weighted by Gasteiger charge is -2.37. The third-order valence-corrected chi connectivity index (χ3v) is 7.85. The van der Waals surface area contributed by atoms with Gasteiger partial charge in [-0.3, -0.25) is 4.79 Å². The first-order valence-corrected chi connectivity index (χ1v) is 13.3. The third kappa shape index (κ3) is 5.51. The minimum absolute atomic E-state index is 0. The fourth-order valence-corrected chi connectivity index (χ4v) is 5.89. The number of benzene rings is 3. The van der Waals surface area contributed by atoms with Crippen LogP contribution in [-0.4, -0.2) is 61.3 Å². The molecule has 0 aliphatic carbocycles. The molecule has 6 nitrogen and oxygen atoms in total. The van der Waals surface area contributed by atoms with Crippen molar-refractivity contribution in [3.05, 3.63) is 65.7 Å². The molecule has 3 aromatic rings. The van der Waals surface area contributed by atoms with E-state index in [9.17, 15) is 4.79 Å². The van der Waals surface area contributed by atoms with Crippen LogP contribution in [0.1, 0.15) is 48.0 Å². The van der Waals surface area contributed by atoms with Crippen LogP contribution in [0.3, 0.4) is 0 Å². The maximum Gasteiger partial charge on any atom is 0.254 e. The van der Waals surface area contributed by atoms with Crippen molar-refractivity contribution in [2.45, 2.75) is 44.6 Å². The van der Waals surface area contributed by atoms with Crippen LogP contribution in [0, 0.1) is 0 Å². The molecule has 0 N–H and O–H groups in total. The predicted octanol–water partition coefficient (Wildman–Crippen LogP) is 5.70. The van der Waals surface area contributed by atoms with Crippen LogP contribution >= 0.6 is 12.4 Å². The Hall–Kier alpha value is -2.96. The molecule has 7 heteroatoms. The van der Waals surface area contributed by atoms with Gasteiger partial charge in [0.2, 0.25) is 6.79 Å². The van der Waals surface area contributed by atoms with E-state index in [1.807, 2.05) is 17.0 Å². The van der Waals surface area contributed by atoms with Crippen LogP contribution in [0.2, 0.25) is 0 Å². The first-order chi connectivity index (χ1) is 17.8. The Labute approximate surface area is 224 Å². The van der Waals surface area contributed by atoms with Gasteiger partial charge >= 0.3 is 0 Å². The van der Waals surface area contributed by atoms with Crippen LogP contribution < -0.4 is 14.2 Å². The fraction of sp³-hybridized carbons (Fsp3) is 0.433. The molecule has 1 atom stereocenters. The highest BCUT2D eigenvalue weighted by molar-refractivity contribution is 5.97. The Kier molecular flexibility index (Phi) is 8.06. The first-order valence-electron chi connectivity index (χ1n) is 13.3. The number of rotatable bonds is 8. The van der Waals surface area contributed by atoms with Crippen molar-refractivity contribution in [3.63, 3.8) is 0 Å². The van der Waals surface area contributed by atoms with Crippen molar-refractivity contribution in [2.24, 2.45) is 0 Å². The summed E-state index contributed by atoms with van der Waals surface area (Å²) in [6.07, 6.45) is 6.63. The standard InChI is InChI=1S/C30H34N2O4.ClH/c33-30-26-20-29-28(35-21-36-29)19-23(26)12-16-32(30)17-13-24-9-3-4-14-31(24)15-6-18-34-27-11-5-8-22-7-1-2-10-25(22)27;/h1-2,5,7-8,10-11,19-20,24H,3-4,6,9,12-18,21H2;1H. The van der Waals surface area contributed by atoms with E-state index in [-0.39, 0.29) is 25.1 Å². The van der Waals surface area contributed by atoms with Crippen molar-refractivity contribution < 1.29 is 19.0 Å². The molecule has 1 unspecified atom stereocenters. The molecule has 0 saturated carbocycles. The lowest BCUT2D eigenvalue weighted by molar-refractivity contribution is 0.0694. The third-order valence-electron chi connectivity index (χ3n) is 7.85. The minimum Gasteiger partial charge on any atom is -0.493 e. The van der Waals surface area contributed by atoms with E-state index >= 15 is 0 Å². The van der Waals surface area contributed by atoms with Gasteiger partial charge in [0.25, 0.3) is 5.91 Å². The van der Waals surface area contributed by atoms with Gasteiger partial charge in [-0.05, 0) is 67.8 Å². The normalized spacial score (nSPS) is 19.0. The number of hydrogen-bond acceptors (Lipinski definition) is 5. The molecule has 37 heavy (non-hydrogen) atoms. The Balaban J connectivity index is 0.00000280. The highest BCUT2D eigenvalue weighted by Gasteiger charge is 2.29. The summed E-state index contributed by atoms with van der Waals surface area (Å²) in [5, 5.41) is 2.39. The Morgan fingerprint density at radius 3 is 2.70 bits per heavy atom. The van der Waals surface area contributed by atoms with Crippen molar-refractivity contribution in [2.75, 3.05) is 39.6 Å². The van der Waals surface area contributed by atoms with Crippen LogP contribution in [0.25, 0.3) is 10.8 Å². The van der Waals surface area contributed by atoms with E-state index in [1.54, 1.807) is 0 Å². The quantitative estimate of drug-likeness (QED) is 0.355. The maximum absolute atomic E-state index is 13.2. The van der Waals surface area contributed by atoms with Crippen LogP contribution in [0.15, 0.2) is 54.6 Å². The number of carbonyl (C=O) groups excluding carboxylic acids is 1. The molecule has 6 rings (SSSR count). The van der Waals surface area contributed by atoms with E-state index in [2.05, 4.69) is 47.4 Å². The van der Waals surface area contributed by atoms with E-state index in [0.717, 1.165) is 68.1 Å². The van der Waals surface area contributed by atoms with Crippen molar-refractivity contribution in [1.82, 2.24) is 9.80 Å². The number of nitrogens with zero attached hydrogens (tertiary/aromatic N) is 2. The molecular weight excluding hydrogens is 488 g/mol. The lowest BCUT2D eigenvalue weighted by atomic mass is 9.96. The fourth-order valence-electron chi connectivity index (χ4n) is 5.89. The number of amides is 1. The van der Waals surface area contributed by atoms with Gasteiger partial charge in [0, 0.05) is 36.6 Å². The molecule has 0 aromatic heterocycles. The highest BCUT2D eigenvalue weighted by atomic mass is 35.5. The number of piperidine rings is 1. The predicted molar refractivity (Wildman–Crippen MR) is 147 cm³/mol. The van der Waals surface area contributed by atoms with Gasteiger partial charge in [0.15, 0.2) is 11.5 Å². The second-order valence-electron chi connectivity index (χ2n) is 10.1. The molecule has 0 radical (unpaired) electrons. The van der Waals surface area contributed by atoms with Gasteiger partial charge in [0.1, 0.15) is 5.75 Å². The number of halogens is 1. The van der Waals surface area contributed by atoms with Gasteiger partial charge in [0.05, 0.1) is 6.61 Å². The maximum atomic E-state index is 13.2. The van der Waals surface area contributed by atoms with Crippen molar-refractivity contribution in [3.8, 4) is 17.2 Å². The topological polar surface area (TPSA) is 51.2 Å². The molecule has 1 fully saturated rings. The summed E-state index contributed by atoms with van der Waals surface area (Å²) >= 11 is 0. The zero-order valence-electron chi connectivity index (χ0n) is 21.2. The second-order valence-corrected chi connectivity index (χ2v) is 10.1. The van der Waals surface area contributed by atoms with Crippen LogP contribution in [0.4, 0.5) is 0 Å². The Morgan fingerprint density at radius 2 is 1.78 bits per heavy atom. The number of likely N-dealkylation sites (tertiary alicyclic amines) is 1. The molecule has 0 bridgehead atoms. The molecule has 0 spiro atoms. The molecule has 3 aliphatic rings.